The number of benzene rings is 1. The Morgan fingerprint density at radius 2 is 1.96 bits per heavy atom. The molecule has 27 heavy (non-hydrogen) atoms. The van der Waals surface area contributed by atoms with E-state index in [9.17, 15) is 10.1 Å². The van der Waals surface area contributed by atoms with Crippen molar-refractivity contribution in [2.24, 2.45) is 0 Å². The zero-order chi connectivity index (χ0) is 19.0. The molecular weight excluding hydrogens is 356 g/mol. The van der Waals surface area contributed by atoms with Crippen LogP contribution in [0.2, 0.25) is 0 Å². The second-order valence-electron chi connectivity index (χ2n) is 6.60. The Kier molecular flexibility index (Phi) is 4.46. The van der Waals surface area contributed by atoms with E-state index < -0.39 is 0 Å². The van der Waals surface area contributed by atoms with E-state index in [0.717, 1.165) is 11.1 Å². The highest BCUT2D eigenvalue weighted by Gasteiger charge is 2.16. The fourth-order valence-electron chi connectivity index (χ4n) is 3.24. The van der Waals surface area contributed by atoms with Crippen molar-refractivity contribution in [2.45, 2.75) is 30.8 Å². The minimum absolute atomic E-state index is 0.000604. The normalized spacial score (nSPS) is 11.3. The minimum Gasteiger partial charge on any atom is -0.322 e. The summed E-state index contributed by atoms with van der Waals surface area (Å²) in [6, 6.07) is 15.5. The summed E-state index contributed by atoms with van der Waals surface area (Å²) < 4.78 is 3.69. The highest BCUT2D eigenvalue weighted by Crippen LogP contribution is 2.27. The smallest absolute Gasteiger partial charge is 0.262 e. The average molecular weight is 374 g/mol. The monoisotopic (exact) mass is 374 g/mol. The number of rotatable bonds is 4. The van der Waals surface area contributed by atoms with Crippen LogP contribution in [0.3, 0.4) is 0 Å². The zero-order valence-electron chi connectivity index (χ0n) is 15.1. The van der Waals surface area contributed by atoms with Crippen LogP contribution in [0.25, 0.3) is 16.4 Å². The van der Waals surface area contributed by atoms with Gasteiger partial charge in [-0.15, -0.1) is 0 Å². The number of thioether (sulfide) groups is 1. The van der Waals surface area contributed by atoms with Crippen LogP contribution < -0.4 is 5.56 Å². The predicted molar refractivity (Wildman–Crippen MR) is 108 cm³/mol. The van der Waals surface area contributed by atoms with Gasteiger partial charge >= 0.3 is 0 Å². The standard InChI is InChI=1S/C21H18N4OS/c1-14(2)25-20(26)16-7-3-4-8-18(16)23-21(25)27-13-15-12-24-10-6-5-9-19(24)17(15)11-22/h3-10,12,14H,13H2,1-2H3. The van der Waals surface area contributed by atoms with Crippen LogP contribution in [-0.2, 0) is 5.75 Å². The maximum atomic E-state index is 12.9. The van der Waals surface area contributed by atoms with Crippen molar-refractivity contribution >= 4 is 28.2 Å². The Morgan fingerprint density at radius 3 is 2.74 bits per heavy atom. The van der Waals surface area contributed by atoms with Gasteiger partial charge in [0.1, 0.15) is 6.07 Å². The number of hydrogen-bond donors (Lipinski definition) is 0. The van der Waals surface area contributed by atoms with Crippen molar-refractivity contribution in [3.63, 3.8) is 0 Å². The lowest BCUT2D eigenvalue weighted by molar-refractivity contribution is 0.519. The van der Waals surface area contributed by atoms with Crippen LogP contribution in [0.4, 0.5) is 0 Å². The summed E-state index contributed by atoms with van der Waals surface area (Å²) in [5.74, 6) is 0.572. The van der Waals surface area contributed by atoms with Gasteiger partial charge in [-0.2, -0.15) is 5.26 Å². The number of nitriles is 1. The number of nitrogens with zero attached hydrogens (tertiary/aromatic N) is 4. The van der Waals surface area contributed by atoms with Crippen LogP contribution >= 0.6 is 11.8 Å². The first-order chi connectivity index (χ1) is 13.1. The van der Waals surface area contributed by atoms with Crippen molar-refractivity contribution in [3.8, 4) is 6.07 Å². The van der Waals surface area contributed by atoms with E-state index in [2.05, 4.69) is 6.07 Å². The molecule has 0 aliphatic carbocycles. The molecule has 3 aromatic heterocycles. The lowest BCUT2D eigenvalue weighted by Gasteiger charge is -2.16. The molecule has 4 rings (SSSR count). The van der Waals surface area contributed by atoms with Crippen molar-refractivity contribution in [3.05, 3.63) is 76.3 Å². The Balaban J connectivity index is 1.77. The number of aromatic nitrogens is 3. The van der Waals surface area contributed by atoms with E-state index in [-0.39, 0.29) is 11.6 Å². The highest BCUT2D eigenvalue weighted by molar-refractivity contribution is 7.98. The zero-order valence-corrected chi connectivity index (χ0v) is 15.9. The molecule has 0 amide bonds. The van der Waals surface area contributed by atoms with Crippen molar-refractivity contribution in [1.82, 2.24) is 14.0 Å². The van der Waals surface area contributed by atoms with Gasteiger partial charge in [0.05, 0.1) is 22.0 Å². The molecule has 134 valence electrons. The fourth-order valence-corrected chi connectivity index (χ4v) is 4.34. The molecular formula is C21H18N4OS. The van der Waals surface area contributed by atoms with E-state index in [4.69, 9.17) is 4.98 Å². The molecule has 0 saturated heterocycles. The summed E-state index contributed by atoms with van der Waals surface area (Å²) in [7, 11) is 0. The molecule has 0 unspecified atom stereocenters. The first-order valence-electron chi connectivity index (χ1n) is 8.73. The van der Waals surface area contributed by atoms with Gasteiger partial charge in [-0.1, -0.05) is 30.0 Å². The number of hydrogen-bond acceptors (Lipinski definition) is 4. The van der Waals surface area contributed by atoms with Crippen LogP contribution in [-0.4, -0.2) is 14.0 Å². The van der Waals surface area contributed by atoms with Crippen LogP contribution in [0.5, 0.6) is 0 Å². The molecule has 6 heteroatoms. The van der Waals surface area contributed by atoms with Gasteiger partial charge in [0.2, 0.25) is 0 Å². The van der Waals surface area contributed by atoms with E-state index in [1.165, 1.54) is 11.8 Å². The van der Waals surface area contributed by atoms with Gasteiger partial charge in [-0.25, -0.2) is 4.98 Å². The highest BCUT2D eigenvalue weighted by atomic mass is 32.2. The van der Waals surface area contributed by atoms with E-state index in [1.807, 2.05) is 73.1 Å². The van der Waals surface area contributed by atoms with E-state index >= 15 is 0 Å². The quantitative estimate of drug-likeness (QED) is 0.392. The third kappa shape index (κ3) is 3.00. The fraction of sp³-hybridized carbons (Fsp3) is 0.190. The third-order valence-electron chi connectivity index (χ3n) is 4.52. The van der Waals surface area contributed by atoms with Gasteiger partial charge in [0.25, 0.3) is 5.56 Å². The van der Waals surface area contributed by atoms with Gasteiger partial charge in [-0.05, 0) is 43.7 Å². The molecule has 0 spiro atoms. The lowest BCUT2D eigenvalue weighted by Crippen LogP contribution is -2.25. The second kappa shape index (κ2) is 6.93. The maximum absolute atomic E-state index is 12.9. The van der Waals surface area contributed by atoms with Gasteiger partial charge in [0.15, 0.2) is 5.16 Å². The SMILES string of the molecule is CC(C)n1c(SCc2cn3ccccc3c2C#N)nc2ccccc2c1=O. The largest absolute Gasteiger partial charge is 0.322 e. The summed E-state index contributed by atoms with van der Waals surface area (Å²) in [4.78, 5) is 17.6. The average Bonchev–Trinajstić information content (AvgIpc) is 3.03. The molecule has 0 N–H and O–H groups in total. The summed E-state index contributed by atoms with van der Waals surface area (Å²) in [6.07, 6.45) is 3.91. The molecule has 0 aliphatic rings. The van der Waals surface area contributed by atoms with Crippen molar-refractivity contribution in [1.29, 1.82) is 5.26 Å². The van der Waals surface area contributed by atoms with Crippen LogP contribution in [0.15, 0.2) is 64.8 Å². The molecule has 0 radical (unpaired) electrons. The first-order valence-corrected chi connectivity index (χ1v) is 9.71. The summed E-state index contributed by atoms with van der Waals surface area (Å²) in [5.41, 5.74) is 3.17. The topological polar surface area (TPSA) is 63.1 Å². The van der Waals surface area contributed by atoms with E-state index in [0.29, 0.717) is 27.4 Å². The molecule has 1 aromatic carbocycles. The molecule has 0 aliphatic heterocycles. The summed E-state index contributed by atoms with van der Waals surface area (Å²) in [6.45, 7) is 3.96. The molecule has 0 atom stereocenters. The molecule has 4 aromatic rings. The van der Waals surface area contributed by atoms with Gasteiger partial charge in [0, 0.05) is 24.2 Å². The van der Waals surface area contributed by atoms with Gasteiger partial charge < -0.3 is 4.40 Å². The number of fused-ring (bicyclic) bond motifs is 2. The summed E-state index contributed by atoms with van der Waals surface area (Å²) in [5, 5.41) is 10.9. The Bertz CT molecular complexity index is 1250. The molecule has 0 fully saturated rings. The Labute approximate surface area is 160 Å². The molecule has 3 heterocycles. The molecule has 0 saturated carbocycles. The third-order valence-corrected chi connectivity index (χ3v) is 5.52. The Morgan fingerprint density at radius 1 is 1.19 bits per heavy atom. The van der Waals surface area contributed by atoms with Crippen LogP contribution in [0, 0.1) is 11.3 Å². The summed E-state index contributed by atoms with van der Waals surface area (Å²) >= 11 is 1.49. The van der Waals surface area contributed by atoms with Gasteiger partial charge in [-0.3, -0.25) is 9.36 Å². The van der Waals surface area contributed by atoms with Crippen LogP contribution in [0.1, 0.15) is 31.0 Å². The maximum Gasteiger partial charge on any atom is 0.262 e. The molecule has 0 bridgehead atoms. The Hall–Kier alpha value is -3.04. The minimum atomic E-state index is -0.0272. The van der Waals surface area contributed by atoms with Crippen molar-refractivity contribution < 1.29 is 0 Å². The lowest BCUT2D eigenvalue weighted by atomic mass is 10.2. The van der Waals surface area contributed by atoms with Crippen molar-refractivity contribution in [2.75, 3.05) is 0 Å². The number of para-hydroxylation sites is 1. The predicted octanol–water partition coefficient (Wildman–Crippen LogP) is 4.39. The first kappa shape index (κ1) is 17.4. The molecule has 5 nitrogen and oxygen atoms in total. The number of pyridine rings is 1. The second-order valence-corrected chi connectivity index (χ2v) is 7.55. The van der Waals surface area contributed by atoms with E-state index in [1.54, 1.807) is 4.57 Å².